The summed E-state index contributed by atoms with van der Waals surface area (Å²) in [4.78, 5) is 4.95. The Labute approximate surface area is 432 Å². The topological polar surface area (TPSA) is 35.9 Å². The summed E-state index contributed by atoms with van der Waals surface area (Å²) in [5.41, 5.74) is 8.39. The molecule has 348 valence electrons. The van der Waals surface area contributed by atoms with Gasteiger partial charge in [0.15, 0.2) is 0 Å². The molecule has 0 amide bonds. The maximum absolute atomic E-state index is 9.39. The largest absolute Gasteiger partial charge is 0.458 e. The van der Waals surface area contributed by atoms with E-state index >= 15 is 0 Å². The third kappa shape index (κ3) is 8.39. The first-order chi connectivity index (χ1) is 39.0. The van der Waals surface area contributed by atoms with Crippen LogP contribution in [0, 0.1) is 11.7 Å². The van der Waals surface area contributed by atoms with Crippen molar-refractivity contribution in [2.75, 3.05) is 0 Å². The molecule has 5 heteroatoms. The average molecular weight is 934 g/mol. The lowest BCUT2D eigenvalue weighted by Gasteiger charge is -2.34. The number of imidazole rings is 1. The van der Waals surface area contributed by atoms with Crippen LogP contribution < -0.4 is 9.30 Å². The molecule has 0 atom stereocenters. The van der Waals surface area contributed by atoms with Gasteiger partial charge < -0.3 is 4.74 Å². The summed E-state index contributed by atoms with van der Waals surface area (Å²) in [5, 5.41) is 2.06. The van der Waals surface area contributed by atoms with Gasteiger partial charge in [0.05, 0.1) is 47.1 Å². The van der Waals surface area contributed by atoms with Crippen molar-refractivity contribution in [3.8, 4) is 62.1 Å². The first-order valence-electron chi connectivity index (χ1n) is 29.7. The van der Waals surface area contributed by atoms with Crippen molar-refractivity contribution in [3.63, 3.8) is 0 Å². The third-order valence-corrected chi connectivity index (χ3v) is 14.1. The van der Waals surface area contributed by atoms with Crippen molar-refractivity contribution in [1.82, 2.24) is 14.1 Å². The molecule has 5 nitrogen and oxygen atoms in total. The fourth-order valence-corrected chi connectivity index (χ4v) is 10.1. The Hall–Kier alpha value is -8.02. The zero-order valence-electron chi connectivity index (χ0n) is 51.4. The van der Waals surface area contributed by atoms with Crippen molar-refractivity contribution < 1.29 is 24.4 Å². The lowest BCUT2D eigenvalue weighted by molar-refractivity contribution is -0.571. The Bertz CT molecular complexity index is 4270. The summed E-state index contributed by atoms with van der Waals surface area (Å²) in [6, 6.07) is 39.8. The second-order valence-electron chi connectivity index (χ2n) is 20.3. The molecule has 3 aromatic heterocycles. The molecule has 0 N–H and O–H groups in total. The number of hydrogen-bond acceptors (Lipinski definition) is 2. The van der Waals surface area contributed by atoms with E-state index in [1.54, 1.807) is 27.3 Å². The van der Waals surface area contributed by atoms with Crippen LogP contribution in [0.3, 0.4) is 0 Å². The molecule has 1 aliphatic carbocycles. The summed E-state index contributed by atoms with van der Waals surface area (Å²) in [6.07, 6.45) is 9.10. The number of benzene rings is 8. The Morgan fingerprint density at radius 1 is 0.634 bits per heavy atom. The second-order valence-corrected chi connectivity index (χ2v) is 20.3. The smallest absolute Gasteiger partial charge is 0.269 e. The fraction of sp³-hybridized carbons (Fsp3) is 0.182. The summed E-state index contributed by atoms with van der Waals surface area (Å²) >= 11 is 0. The van der Waals surface area contributed by atoms with Gasteiger partial charge in [0.25, 0.3) is 6.33 Å². The van der Waals surface area contributed by atoms with Crippen molar-refractivity contribution >= 4 is 32.8 Å². The zero-order chi connectivity index (χ0) is 57.9. The van der Waals surface area contributed by atoms with Crippen LogP contribution in [0.1, 0.15) is 92.4 Å². The molecule has 0 unspecified atom stereocenters. The highest BCUT2D eigenvalue weighted by molar-refractivity contribution is 6.10. The second kappa shape index (κ2) is 17.7. The van der Waals surface area contributed by atoms with Crippen LogP contribution in [0.5, 0.6) is 11.5 Å². The van der Waals surface area contributed by atoms with Gasteiger partial charge in [-0.3, -0.25) is 13.7 Å². The molecule has 0 saturated heterocycles. The molecule has 3 heterocycles. The standard InChI is InChI=1S/C66H58N4O/c1-65(2,3)51-36-39-67-63(41-51)70-59-33-30-50(46-28-26-45(27-29-46)47-34-37-66(4,5)38-35-47)40-58(59)57-32-31-54(43-62(57)70)71-53-21-14-20-52(42-53)68-44-69(61-25-13-12-24-60(61)68)64-55(48-16-8-6-9-17-48)22-15-23-56(64)49-18-10-7-11-19-49/h6-33,36,39-43,47H,34-35,37-38H2,1-5H3/i6D,7D,8D,9D,10D,11D,16D,17D,18D,19D,47D. The minimum absolute atomic E-state index is 0.135. The summed E-state index contributed by atoms with van der Waals surface area (Å²) in [6.45, 7) is 11.2. The van der Waals surface area contributed by atoms with Crippen LogP contribution in [0.15, 0.2) is 206 Å². The van der Waals surface area contributed by atoms with E-state index < -0.39 is 66.3 Å². The highest BCUT2D eigenvalue weighted by atomic mass is 16.5. The quantitative estimate of drug-likeness (QED) is 0.107. The molecule has 0 radical (unpaired) electrons. The normalized spacial score (nSPS) is 16.7. The fourth-order valence-electron chi connectivity index (χ4n) is 10.1. The Balaban J connectivity index is 0.973. The van der Waals surface area contributed by atoms with Crippen molar-refractivity contribution in [2.45, 2.75) is 71.6 Å². The molecule has 0 spiro atoms. The highest BCUT2D eigenvalue weighted by Crippen LogP contribution is 2.44. The van der Waals surface area contributed by atoms with Crippen LogP contribution in [0.2, 0.25) is 0 Å². The van der Waals surface area contributed by atoms with E-state index in [2.05, 4.69) is 106 Å². The Morgan fingerprint density at radius 3 is 2.03 bits per heavy atom. The monoisotopic (exact) mass is 934 g/mol. The average Bonchev–Trinajstić information content (AvgIpc) is 4.04. The van der Waals surface area contributed by atoms with Gasteiger partial charge in [0, 0.05) is 24.4 Å². The Kier molecular flexibility index (Phi) is 8.37. The molecule has 0 bridgehead atoms. The molecule has 11 aromatic rings. The van der Waals surface area contributed by atoms with Crippen LogP contribution >= 0.6 is 0 Å². The number of para-hydroxylation sites is 3. The van der Waals surface area contributed by atoms with Gasteiger partial charge in [-0.25, -0.2) is 4.98 Å². The molecular weight excluding hydrogens is 865 g/mol. The first-order valence-corrected chi connectivity index (χ1v) is 24.2. The van der Waals surface area contributed by atoms with Crippen LogP contribution in [0.4, 0.5) is 0 Å². The number of pyridine rings is 1. The number of aromatic nitrogens is 4. The molecule has 1 saturated carbocycles. The molecular formula is C66H58N4O. The first kappa shape index (κ1) is 33.5. The van der Waals surface area contributed by atoms with Gasteiger partial charge in [-0.15, -0.1) is 0 Å². The highest BCUT2D eigenvalue weighted by Gasteiger charge is 2.28. The van der Waals surface area contributed by atoms with Gasteiger partial charge in [-0.05, 0) is 142 Å². The van der Waals surface area contributed by atoms with Gasteiger partial charge in [0.2, 0.25) is 0 Å². The van der Waals surface area contributed by atoms with E-state index in [0.717, 1.165) is 75.6 Å². The number of fused-ring (bicyclic) bond motifs is 4. The molecule has 1 fully saturated rings. The molecule has 12 rings (SSSR count). The summed E-state index contributed by atoms with van der Waals surface area (Å²) in [5.74, 6) is 1.26. The summed E-state index contributed by atoms with van der Waals surface area (Å²) < 4.78 is 109. The van der Waals surface area contributed by atoms with Gasteiger partial charge in [0.1, 0.15) is 17.3 Å². The zero-order valence-corrected chi connectivity index (χ0v) is 40.4. The van der Waals surface area contributed by atoms with Crippen LogP contribution in [-0.4, -0.2) is 14.1 Å². The number of nitrogens with zero attached hydrogens (tertiary/aromatic N) is 4. The molecule has 8 aromatic carbocycles. The minimum Gasteiger partial charge on any atom is -0.458 e. The minimum atomic E-state index is -0.581. The number of hydrogen-bond donors (Lipinski definition) is 0. The molecule has 1 aliphatic rings. The Morgan fingerprint density at radius 2 is 1.31 bits per heavy atom. The van der Waals surface area contributed by atoms with Crippen molar-refractivity contribution in [3.05, 3.63) is 224 Å². The van der Waals surface area contributed by atoms with E-state index in [9.17, 15) is 1.37 Å². The van der Waals surface area contributed by atoms with E-state index in [1.807, 2.05) is 66.9 Å². The maximum atomic E-state index is 9.39. The lowest BCUT2D eigenvalue weighted by atomic mass is 9.71. The van der Waals surface area contributed by atoms with Gasteiger partial charge in [-0.1, -0.05) is 174 Å². The van der Waals surface area contributed by atoms with E-state index in [1.165, 1.54) is 0 Å². The lowest BCUT2D eigenvalue weighted by Crippen LogP contribution is -2.31. The predicted molar refractivity (Wildman–Crippen MR) is 292 cm³/mol. The third-order valence-electron chi connectivity index (χ3n) is 14.1. The van der Waals surface area contributed by atoms with Gasteiger partial charge >= 0.3 is 0 Å². The van der Waals surface area contributed by atoms with Gasteiger partial charge in [-0.2, -0.15) is 0 Å². The van der Waals surface area contributed by atoms with E-state index in [4.69, 9.17) is 23.4 Å². The predicted octanol–water partition coefficient (Wildman–Crippen LogP) is 17.0. The molecule has 71 heavy (non-hydrogen) atoms. The van der Waals surface area contributed by atoms with Crippen molar-refractivity contribution in [2.24, 2.45) is 5.41 Å². The number of rotatable bonds is 9. The number of ether oxygens (including phenoxy) is 1. The maximum Gasteiger partial charge on any atom is 0.269 e. The SMILES string of the molecule is [2H]c1c([2H])c([2H])c(-c2cccc(-c3c([2H])c([2H])c([2H])c([2H])c3[2H])c2-[n+]2[c-]n(-c3cccc(Oc4ccc5c6cc(-c7ccc(C8([2H])CCC(C)(C)CC8)cc7)ccc6n(-c6cc(C(C)(C)C)ccn6)c5c4)c3)c3ccccc32)c([2H])c1[2H]. The van der Waals surface area contributed by atoms with Crippen LogP contribution in [-0.2, 0) is 5.41 Å². The summed E-state index contributed by atoms with van der Waals surface area (Å²) in [7, 11) is 0. The van der Waals surface area contributed by atoms with Crippen molar-refractivity contribution in [1.29, 1.82) is 0 Å². The van der Waals surface area contributed by atoms with E-state index in [0.29, 0.717) is 28.2 Å². The molecule has 0 aliphatic heterocycles. The van der Waals surface area contributed by atoms with E-state index in [-0.39, 0.29) is 38.8 Å². The van der Waals surface area contributed by atoms with Crippen LogP contribution in [0.25, 0.3) is 83.4 Å².